The standard InChI is InChI=1S/C25H22O5/c1-16-8-4-5-9-18(16)15-28-19-12-13-20-23(14-19)29-17(2)25(24(20)26)30-22-11-7-6-10-21(22)27-3/h4-14H,15H2,1-3H3. The molecule has 0 aliphatic heterocycles. The zero-order chi connectivity index (χ0) is 21.1. The second-order valence-corrected chi connectivity index (χ2v) is 6.94. The van der Waals surface area contributed by atoms with Gasteiger partial charge in [0.25, 0.3) is 0 Å². The highest BCUT2D eigenvalue weighted by molar-refractivity contribution is 5.79. The number of para-hydroxylation sites is 2. The molecule has 0 saturated carbocycles. The number of hydrogen-bond acceptors (Lipinski definition) is 5. The Labute approximate surface area is 174 Å². The van der Waals surface area contributed by atoms with Gasteiger partial charge in [-0.05, 0) is 49.2 Å². The molecule has 0 aliphatic carbocycles. The van der Waals surface area contributed by atoms with Crippen LogP contribution in [0, 0.1) is 13.8 Å². The summed E-state index contributed by atoms with van der Waals surface area (Å²) in [6.45, 7) is 4.19. The quantitative estimate of drug-likeness (QED) is 0.409. The summed E-state index contributed by atoms with van der Waals surface area (Å²) in [6, 6.07) is 20.4. The van der Waals surface area contributed by atoms with Crippen molar-refractivity contribution < 1.29 is 18.6 Å². The van der Waals surface area contributed by atoms with Gasteiger partial charge in [-0.2, -0.15) is 0 Å². The van der Waals surface area contributed by atoms with E-state index in [0.717, 1.165) is 5.56 Å². The van der Waals surface area contributed by atoms with E-state index in [4.69, 9.17) is 18.6 Å². The van der Waals surface area contributed by atoms with E-state index in [2.05, 4.69) is 0 Å². The summed E-state index contributed by atoms with van der Waals surface area (Å²) in [5.41, 5.74) is 2.48. The lowest BCUT2D eigenvalue weighted by Gasteiger charge is -2.12. The average Bonchev–Trinajstić information content (AvgIpc) is 2.76. The monoisotopic (exact) mass is 402 g/mol. The molecule has 0 bridgehead atoms. The van der Waals surface area contributed by atoms with Crippen LogP contribution in [-0.2, 0) is 6.61 Å². The molecule has 0 N–H and O–H groups in total. The van der Waals surface area contributed by atoms with Crippen LogP contribution in [-0.4, -0.2) is 7.11 Å². The number of aryl methyl sites for hydroxylation is 2. The molecule has 4 aromatic rings. The molecule has 1 aromatic heterocycles. The van der Waals surface area contributed by atoms with Crippen LogP contribution < -0.4 is 19.6 Å². The van der Waals surface area contributed by atoms with Gasteiger partial charge in [-0.3, -0.25) is 4.79 Å². The maximum absolute atomic E-state index is 13.0. The molecule has 0 saturated heterocycles. The van der Waals surface area contributed by atoms with Gasteiger partial charge in [-0.15, -0.1) is 0 Å². The van der Waals surface area contributed by atoms with Gasteiger partial charge in [0.05, 0.1) is 12.5 Å². The van der Waals surface area contributed by atoms with Crippen molar-refractivity contribution in [2.24, 2.45) is 0 Å². The molecule has 0 amide bonds. The van der Waals surface area contributed by atoms with E-state index >= 15 is 0 Å². The maximum atomic E-state index is 13.0. The summed E-state index contributed by atoms with van der Waals surface area (Å²) in [4.78, 5) is 13.0. The van der Waals surface area contributed by atoms with E-state index in [0.29, 0.717) is 40.6 Å². The molecular weight excluding hydrogens is 380 g/mol. The van der Waals surface area contributed by atoms with Crippen molar-refractivity contribution >= 4 is 11.0 Å². The molecule has 30 heavy (non-hydrogen) atoms. The fourth-order valence-corrected chi connectivity index (χ4v) is 3.22. The number of methoxy groups -OCH3 is 1. The third kappa shape index (κ3) is 3.87. The Hall–Kier alpha value is -3.73. The fraction of sp³-hybridized carbons (Fsp3) is 0.160. The Kier molecular flexibility index (Phi) is 5.44. The van der Waals surface area contributed by atoms with Crippen LogP contribution in [0.25, 0.3) is 11.0 Å². The Morgan fingerprint density at radius 3 is 2.40 bits per heavy atom. The molecule has 5 heteroatoms. The van der Waals surface area contributed by atoms with Crippen molar-refractivity contribution in [3.63, 3.8) is 0 Å². The zero-order valence-electron chi connectivity index (χ0n) is 17.1. The van der Waals surface area contributed by atoms with E-state index in [1.807, 2.05) is 43.3 Å². The number of fused-ring (bicyclic) bond motifs is 1. The van der Waals surface area contributed by atoms with E-state index in [9.17, 15) is 4.79 Å². The molecule has 1 heterocycles. The third-order valence-electron chi connectivity index (χ3n) is 4.92. The minimum Gasteiger partial charge on any atom is -0.493 e. The normalized spacial score (nSPS) is 10.8. The van der Waals surface area contributed by atoms with Gasteiger partial charge in [-0.25, -0.2) is 0 Å². The number of rotatable bonds is 6. The largest absolute Gasteiger partial charge is 0.493 e. The first-order chi connectivity index (χ1) is 14.6. The predicted molar refractivity (Wildman–Crippen MR) is 116 cm³/mol. The molecular formula is C25H22O5. The Balaban J connectivity index is 1.64. The van der Waals surface area contributed by atoms with E-state index < -0.39 is 0 Å². The van der Waals surface area contributed by atoms with Crippen molar-refractivity contribution in [2.75, 3.05) is 7.11 Å². The minimum atomic E-state index is -0.245. The lowest BCUT2D eigenvalue weighted by molar-refractivity contribution is 0.305. The highest BCUT2D eigenvalue weighted by atomic mass is 16.5. The molecule has 0 atom stereocenters. The second-order valence-electron chi connectivity index (χ2n) is 6.94. The van der Waals surface area contributed by atoms with Gasteiger partial charge < -0.3 is 18.6 Å². The molecule has 0 fully saturated rings. The molecule has 152 valence electrons. The lowest BCUT2D eigenvalue weighted by atomic mass is 10.1. The first-order valence-corrected chi connectivity index (χ1v) is 9.62. The van der Waals surface area contributed by atoms with Crippen molar-refractivity contribution in [1.29, 1.82) is 0 Å². The number of ether oxygens (including phenoxy) is 3. The van der Waals surface area contributed by atoms with E-state index in [-0.39, 0.29) is 11.2 Å². The smallest absolute Gasteiger partial charge is 0.235 e. The molecule has 5 nitrogen and oxygen atoms in total. The van der Waals surface area contributed by atoms with Crippen LogP contribution in [0.3, 0.4) is 0 Å². The lowest BCUT2D eigenvalue weighted by Crippen LogP contribution is -2.08. The van der Waals surface area contributed by atoms with Crippen LogP contribution in [0.2, 0.25) is 0 Å². The zero-order valence-corrected chi connectivity index (χ0v) is 17.1. The van der Waals surface area contributed by atoms with Gasteiger partial charge >= 0.3 is 0 Å². The highest BCUT2D eigenvalue weighted by Gasteiger charge is 2.16. The van der Waals surface area contributed by atoms with Crippen molar-refractivity contribution in [2.45, 2.75) is 20.5 Å². The molecule has 0 unspecified atom stereocenters. The third-order valence-corrected chi connectivity index (χ3v) is 4.92. The van der Waals surface area contributed by atoms with Gasteiger partial charge in [0.1, 0.15) is 23.7 Å². The minimum absolute atomic E-state index is 0.139. The van der Waals surface area contributed by atoms with E-state index in [1.54, 1.807) is 44.4 Å². The highest BCUT2D eigenvalue weighted by Crippen LogP contribution is 2.32. The maximum Gasteiger partial charge on any atom is 0.235 e. The van der Waals surface area contributed by atoms with Crippen LogP contribution in [0.4, 0.5) is 0 Å². The Morgan fingerprint density at radius 1 is 0.900 bits per heavy atom. The van der Waals surface area contributed by atoms with Crippen LogP contribution in [0.15, 0.2) is 75.9 Å². The first-order valence-electron chi connectivity index (χ1n) is 9.62. The summed E-state index contributed by atoms with van der Waals surface area (Å²) < 4.78 is 23.0. The van der Waals surface area contributed by atoms with Crippen LogP contribution >= 0.6 is 0 Å². The van der Waals surface area contributed by atoms with Gasteiger partial charge in [0.2, 0.25) is 11.2 Å². The van der Waals surface area contributed by atoms with Crippen LogP contribution in [0.1, 0.15) is 16.9 Å². The van der Waals surface area contributed by atoms with E-state index in [1.165, 1.54) is 5.56 Å². The predicted octanol–water partition coefficient (Wildman–Crippen LogP) is 5.79. The Morgan fingerprint density at radius 2 is 1.63 bits per heavy atom. The summed E-state index contributed by atoms with van der Waals surface area (Å²) in [5, 5.41) is 0.425. The van der Waals surface area contributed by atoms with Gasteiger partial charge in [-0.1, -0.05) is 36.4 Å². The second kappa shape index (κ2) is 8.33. The van der Waals surface area contributed by atoms with Crippen molar-refractivity contribution in [3.8, 4) is 23.0 Å². The van der Waals surface area contributed by atoms with Crippen molar-refractivity contribution in [3.05, 3.63) is 93.8 Å². The van der Waals surface area contributed by atoms with Crippen LogP contribution in [0.5, 0.6) is 23.0 Å². The summed E-state index contributed by atoms with van der Waals surface area (Å²) >= 11 is 0. The molecule has 3 aromatic carbocycles. The SMILES string of the molecule is COc1ccccc1Oc1c(C)oc2cc(OCc3ccccc3C)ccc2c1=O. The molecule has 0 radical (unpaired) electrons. The molecule has 0 aliphatic rings. The topological polar surface area (TPSA) is 57.9 Å². The van der Waals surface area contributed by atoms with Crippen molar-refractivity contribution in [1.82, 2.24) is 0 Å². The summed E-state index contributed by atoms with van der Waals surface area (Å²) in [6.07, 6.45) is 0. The fourth-order valence-electron chi connectivity index (χ4n) is 3.22. The Bertz CT molecular complexity index is 1260. The summed E-state index contributed by atoms with van der Waals surface area (Å²) in [5.74, 6) is 2.14. The number of benzene rings is 3. The molecule has 4 rings (SSSR count). The molecule has 0 spiro atoms. The summed E-state index contributed by atoms with van der Waals surface area (Å²) in [7, 11) is 1.55. The number of hydrogen-bond donors (Lipinski definition) is 0. The van der Waals surface area contributed by atoms with Gasteiger partial charge in [0, 0.05) is 6.07 Å². The first kappa shape index (κ1) is 19.6. The van der Waals surface area contributed by atoms with Gasteiger partial charge in [0.15, 0.2) is 11.5 Å². The average molecular weight is 402 g/mol.